The zero-order chi connectivity index (χ0) is 35.1. The molecule has 0 amide bonds. The summed E-state index contributed by atoms with van der Waals surface area (Å²) >= 11 is 0. The fourth-order valence-corrected chi connectivity index (χ4v) is 5.11. The van der Waals surface area contributed by atoms with E-state index in [2.05, 4.69) is 0 Å². The molecule has 4 rings (SSSR count). The predicted molar refractivity (Wildman–Crippen MR) is 157 cm³/mol. The highest BCUT2D eigenvalue weighted by molar-refractivity contribution is 5.89. The molecule has 2 aromatic carbocycles. The Morgan fingerprint density at radius 3 is 1.94 bits per heavy atom. The smallest absolute Gasteiger partial charge is 0.338 e. The molecule has 2 saturated heterocycles. The van der Waals surface area contributed by atoms with Gasteiger partial charge in [0, 0.05) is 32.9 Å². The van der Waals surface area contributed by atoms with Crippen LogP contribution in [0.15, 0.2) is 54.6 Å². The van der Waals surface area contributed by atoms with Crippen LogP contribution in [0.1, 0.15) is 38.1 Å². The quantitative estimate of drug-likeness (QED) is 0.147. The number of rotatable bonds is 11. The Morgan fingerprint density at radius 1 is 0.771 bits per heavy atom. The molecule has 2 aromatic rings. The largest absolute Gasteiger partial charge is 0.462 e. The van der Waals surface area contributed by atoms with Gasteiger partial charge < -0.3 is 48.1 Å². The summed E-state index contributed by atoms with van der Waals surface area (Å²) in [5, 5.41) is 33.5. The third-order valence-electron chi connectivity index (χ3n) is 7.26. The van der Waals surface area contributed by atoms with Crippen molar-refractivity contribution in [2.75, 3.05) is 6.61 Å². The lowest BCUT2D eigenvalue weighted by Gasteiger charge is -2.47. The maximum absolute atomic E-state index is 12.6. The Balaban J connectivity index is 1.63. The number of nitrogens with zero attached hydrogens (tertiary/aromatic N) is 1. The monoisotopic (exact) mass is 677 g/mol. The lowest BCUT2D eigenvalue weighted by molar-refractivity contribution is -0.384. The number of non-ortho nitro benzene ring substituents is 1. The average Bonchev–Trinajstić information content (AvgIpc) is 3.03. The van der Waals surface area contributed by atoms with Gasteiger partial charge in [0.2, 0.25) is 6.29 Å². The molecule has 0 radical (unpaired) electrons. The summed E-state index contributed by atoms with van der Waals surface area (Å²) < 4.78 is 45.1. The van der Waals surface area contributed by atoms with Crippen LogP contribution in [0.5, 0.6) is 5.75 Å². The molecule has 0 spiro atoms. The Hall–Kier alpha value is -4.68. The highest BCUT2D eigenvalue weighted by Gasteiger charge is 2.55. The third kappa shape index (κ3) is 9.02. The zero-order valence-corrected chi connectivity index (χ0v) is 26.2. The summed E-state index contributed by atoms with van der Waals surface area (Å²) in [5.74, 6) is -3.14. The van der Waals surface area contributed by atoms with E-state index in [1.54, 1.807) is 18.2 Å². The molecule has 2 aliphatic heterocycles. The van der Waals surface area contributed by atoms with E-state index in [1.807, 2.05) is 0 Å². The molecule has 0 unspecified atom stereocenters. The van der Waals surface area contributed by atoms with E-state index in [1.165, 1.54) is 31.2 Å². The normalized spacial score (nSPS) is 30.0. The van der Waals surface area contributed by atoms with Gasteiger partial charge >= 0.3 is 23.9 Å². The Labute approximate surface area is 273 Å². The maximum Gasteiger partial charge on any atom is 0.338 e. The van der Waals surface area contributed by atoms with Crippen LogP contribution in [0.4, 0.5) is 5.69 Å². The zero-order valence-electron chi connectivity index (χ0n) is 26.2. The topological polar surface area (TPSA) is 226 Å². The van der Waals surface area contributed by atoms with Gasteiger partial charge in [-0.25, -0.2) is 4.79 Å². The first-order valence-electron chi connectivity index (χ1n) is 14.7. The minimum absolute atomic E-state index is 0.0185. The molecule has 2 N–H and O–H groups in total. The van der Waals surface area contributed by atoms with Gasteiger partial charge in [-0.2, -0.15) is 0 Å². The van der Waals surface area contributed by atoms with E-state index in [4.69, 9.17) is 37.9 Å². The number of aliphatic hydroxyl groups excluding tert-OH is 2. The summed E-state index contributed by atoms with van der Waals surface area (Å²) in [6.45, 7) is 4.19. The molecule has 2 aliphatic rings. The molecule has 10 atom stereocenters. The maximum atomic E-state index is 12.6. The minimum atomic E-state index is -1.84. The number of esters is 4. The number of nitro benzene ring substituents is 1. The van der Waals surface area contributed by atoms with Crippen molar-refractivity contribution in [3.05, 3.63) is 70.3 Å². The first-order chi connectivity index (χ1) is 22.7. The molecular formula is C31H35NO16. The Morgan fingerprint density at radius 2 is 1.35 bits per heavy atom. The standard InChI is InChI=1S/C31H35NO16/c1-15-25(43-16(2)33)27(44-17(3)34)28(45-18(4)35)31(42-15)48-26-24(37)23(36)22(14-41-29(38)19-8-6-5-7-9-19)47-30(26)46-21-12-10-20(11-13-21)32(39)40/h5-13,15,22-28,30-31,36-37H,14H2,1-4H3/t15-,22+,23-,24-,25+,26+,27+,28-,30-,31-/m0/s1. The van der Waals surface area contributed by atoms with Gasteiger partial charge in [0.25, 0.3) is 5.69 Å². The number of nitro groups is 1. The predicted octanol–water partition coefficient (Wildman–Crippen LogP) is 1.20. The van der Waals surface area contributed by atoms with Crippen LogP contribution >= 0.6 is 0 Å². The molecule has 0 aliphatic carbocycles. The molecule has 17 heteroatoms. The Bertz CT molecular complexity index is 1450. The second-order valence-corrected chi connectivity index (χ2v) is 10.9. The summed E-state index contributed by atoms with van der Waals surface area (Å²) in [4.78, 5) is 59.1. The molecule has 2 fully saturated rings. The van der Waals surface area contributed by atoms with Gasteiger partial charge in [0.15, 0.2) is 30.7 Å². The molecule has 260 valence electrons. The van der Waals surface area contributed by atoms with Gasteiger partial charge in [-0.05, 0) is 31.2 Å². The van der Waals surface area contributed by atoms with E-state index in [0.717, 1.165) is 32.9 Å². The van der Waals surface area contributed by atoms with Crippen molar-refractivity contribution in [3.63, 3.8) is 0 Å². The first-order valence-corrected chi connectivity index (χ1v) is 14.7. The van der Waals surface area contributed by atoms with Crippen LogP contribution in [0.2, 0.25) is 0 Å². The number of ether oxygens (including phenoxy) is 8. The van der Waals surface area contributed by atoms with Gasteiger partial charge in [-0.1, -0.05) is 18.2 Å². The first kappa shape index (κ1) is 36.2. The summed E-state index contributed by atoms with van der Waals surface area (Å²) in [6, 6.07) is 12.8. The molecule has 0 saturated carbocycles. The van der Waals surface area contributed by atoms with Gasteiger partial charge in [0.05, 0.1) is 16.6 Å². The van der Waals surface area contributed by atoms with E-state index >= 15 is 0 Å². The lowest BCUT2D eigenvalue weighted by Crippen LogP contribution is -2.66. The van der Waals surface area contributed by atoms with Crippen molar-refractivity contribution in [2.45, 2.75) is 89.1 Å². The number of carbonyl (C=O) groups is 4. The number of aliphatic hydroxyl groups is 2. The Kier molecular flexibility index (Phi) is 12.0. The number of hydrogen-bond donors (Lipinski definition) is 2. The molecule has 0 aromatic heterocycles. The van der Waals surface area contributed by atoms with E-state index in [9.17, 15) is 39.5 Å². The fraction of sp³-hybridized carbons (Fsp3) is 0.484. The van der Waals surface area contributed by atoms with Crippen molar-refractivity contribution in [2.24, 2.45) is 0 Å². The highest BCUT2D eigenvalue weighted by Crippen LogP contribution is 2.34. The van der Waals surface area contributed by atoms with E-state index in [-0.39, 0.29) is 17.0 Å². The third-order valence-corrected chi connectivity index (χ3v) is 7.26. The van der Waals surface area contributed by atoms with Crippen molar-refractivity contribution in [1.82, 2.24) is 0 Å². The second kappa shape index (κ2) is 15.9. The molecular weight excluding hydrogens is 642 g/mol. The van der Waals surface area contributed by atoms with Crippen LogP contribution in [0, 0.1) is 10.1 Å². The highest BCUT2D eigenvalue weighted by atomic mass is 16.8. The lowest BCUT2D eigenvalue weighted by atomic mass is 9.97. The minimum Gasteiger partial charge on any atom is -0.462 e. The SMILES string of the molecule is CC(=O)O[C@H]1[C@H](OC(C)=O)[C@H](O[C@H]2[C@@H](Oc3ccc([N+](=O)[O-])cc3)O[C@H](COC(=O)c3ccccc3)[C@H](O)[C@@H]2O)O[C@@H](C)[C@H]1OC(C)=O. The summed E-state index contributed by atoms with van der Waals surface area (Å²) in [7, 11) is 0. The summed E-state index contributed by atoms with van der Waals surface area (Å²) in [6.07, 6.45) is -15.1. The fourth-order valence-electron chi connectivity index (χ4n) is 5.11. The van der Waals surface area contributed by atoms with Crippen LogP contribution in [-0.4, -0.2) is 107 Å². The van der Waals surface area contributed by atoms with Crippen LogP contribution in [0.25, 0.3) is 0 Å². The van der Waals surface area contributed by atoms with Gasteiger partial charge in [-0.15, -0.1) is 0 Å². The van der Waals surface area contributed by atoms with Crippen molar-refractivity contribution in [3.8, 4) is 5.75 Å². The molecule has 48 heavy (non-hydrogen) atoms. The van der Waals surface area contributed by atoms with Crippen LogP contribution in [-0.2, 0) is 47.5 Å². The van der Waals surface area contributed by atoms with Crippen molar-refractivity contribution in [1.29, 1.82) is 0 Å². The van der Waals surface area contributed by atoms with Crippen molar-refractivity contribution < 1.29 is 72.2 Å². The van der Waals surface area contributed by atoms with Gasteiger partial charge in [0.1, 0.15) is 30.7 Å². The van der Waals surface area contributed by atoms with Crippen LogP contribution < -0.4 is 4.74 Å². The molecule has 0 bridgehead atoms. The van der Waals surface area contributed by atoms with Crippen LogP contribution in [0.3, 0.4) is 0 Å². The number of hydrogen-bond acceptors (Lipinski definition) is 16. The molecule has 2 heterocycles. The second-order valence-electron chi connectivity index (χ2n) is 10.9. The van der Waals surface area contributed by atoms with Gasteiger partial charge in [-0.3, -0.25) is 24.5 Å². The number of benzene rings is 2. The molecule has 17 nitrogen and oxygen atoms in total. The van der Waals surface area contributed by atoms with E-state index in [0.29, 0.717) is 0 Å². The number of carbonyl (C=O) groups excluding carboxylic acids is 4. The van der Waals surface area contributed by atoms with Crippen molar-refractivity contribution >= 4 is 29.6 Å². The average molecular weight is 678 g/mol. The summed E-state index contributed by atoms with van der Waals surface area (Å²) in [5.41, 5.74) is -0.0220. The van der Waals surface area contributed by atoms with E-state index < -0.39 is 96.8 Å².